The lowest BCUT2D eigenvalue weighted by molar-refractivity contribution is 0.485. The Hall–Kier alpha value is -1.13. The maximum absolute atomic E-state index is 4.51. The van der Waals surface area contributed by atoms with Crippen LogP contribution in [0.15, 0.2) is 41.1 Å². The van der Waals surface area contributed by atoms with Crippen molar-refractivity contribution in [2.75, 3.05) is 6.54 Å². The van der Waals surface area contributed by atoms with Crippen molar-refractivity contribution in [1.29, 1.82) is 0 Å². The summed E-state index contributed by atoms with van der Waals surface area (Å²) in [5, 5.41) is 3.66. The van der Waals surface area contributed by atoms with Gasteiger partial charge in [0.15, 0.2) is 0 Å². The molecule has 0 amide bonds. The smallest absolute Gasteiger partial charge is 0.110 e. The molecule has 1 aromatic heterocycles. The van der Waals surface area contributed by atoms with E-state index in [1.54, 1.807) is 0 Å². The summed E-state index contributed by atoms with van der Waals surface area (Å²) < 4.78 is 3.37. The second-order valence-corrected chi connectivity index (χ2v) is 6.23. The minimum Gasteiger partial charge on any atom is -0.335 e. The van der Waals surface area contributed by atoms with E-state index < -0.39 is 0 Å². The second-order valence-electron chi connectivity index (χ2n) is 5.32. The highest BCUT2D eigenvalue weighted by atomic mass is 79.9. The molecule has 1 atom stereocenters. The van der Waals surface area contributed by atoms with E-state index in [4.69, 9.17) is 0 Å². The van der Waals surface area contributed by atoms with Gasteiger partial charge in [0.2, 0.25) is 0 Å². The zero-order valence-electron chi connectivity index (χ0n) is 12.8. The lowest BCUT2D eigenvalue weighted by atomic mass is 10.0. The third-order valence-corrected chi connectivity index (χ3v) is 4.12. The predicted octanol–water partition coefficient (Wildman–Crippen LogP) is 3.82. The third-order valence-electron chi connectivity index (χ3n) is 3.63. The van der Waals surface area contributed by atoms with Gasteiger partial charge in [0.25, 0.3) is 0 Å². The molecule has 4 heteroatoms. The molecule has 2 rings (SSSR count). The summed E-state index contributed by atoms with van der Waals surface area (Å²) in [5.74, 6) is 1.17. The third kappa shape index (κ3) is 4.97. The molecule has 1 N–H and O–H groups in total. The van der Waals surface area contributed by atoms with Crippen molar-refractivity contribution in [3.63, 3.8) is 0 Å². The average molecular weight is 350 g/mol. The zero-order valence-corrected chi connectivity index (χ0v) is 14.4. The fourth-order valence-electron chi connectivity index (χ4n) is 2.55. The first-order valence-corrected chi connectivity index (χ1v) is 8.50. The first kappa shape index (κ1) is 16.2. The van der Waals surface area contributed by atoms with Crippen LogP contribution in [0.5, 0.6) is 0 Å². The molecule has 0 aliphatic carbocycles. The number of hydrogen-bond acceptors (Lipinski definition) is 2. The van der Waals surface area contributed by atoms with Gasteiger partial charge >= 0.3 is 0 Å². The number of benzene rings is 1. The predicted molar refractivity (Wildman–Crippen MR) is 91.5 cm³/mol. The maximum Gasteiger partial charge on any atom is 0.110 e. The summed E-state index contributed by atoms with van der Waals surface area (Å²) >= 11 is 3.55. The molecule has 1 aromatic carbocycles. The van der Waals surface area contributed by atoms with Gasteiger partial charge in [-0.05, 0) is 44.0 Å². The van der Waals surface area contributed by atoms with Gasteiger partial charge in [0, 0.05) is 35.9 Å². The Morgan fingerprint density at radius 3 is 2.86 bits per heavy atom. The molecule has 21 heavy (non-hydrogen) atoms. The standard InChI is InChI=1S/C17H24BrN3/c1-3-8-19-16(12-14-6-5-7-15(18)11-14)13-17-20-9-10-21(17)4-2/h5-7,9-11,16,19H,3-4,8,12-13H2,1-2H3. The number of rotatable bonds is 8. The molecule has 0 aliphatic heterocycles. The van der Waals surface area contributed by atoms with E-state index >= 15 is 0 Å². The summed E-state index contributed by atoms with van der Waals surface area (Å²) in [4.78, 5) is 4.51. The van der Waals surface area contributed by atoms with Crippen LogP contribution in [0.2, 0.25) is 0 Å². The minimum atomic E-state index is 0.423. The SMILES string of the molecule is CCCNC(Cc1cccc(Br)c1)Cc1nccn1CC. The number of aromatic nitrogens is 2. The van der Waals surface area contributed by atoms with E-state index in [2.05, 4.69) is 75.1 Å². The zero-order chi connectivity index (χ0) is 15.1. The van der Waals surface area contributed by atoms with Gasteiger partial charge < -0.3 is 9.88 Å². The molecule has 3 nitrogen and oxygen atoms in total. The van der Waals surface area contributed by atoms with Crippen molar-refractivity contribution >= 4 is 15.9 Å². The van der Waals surface area contributed by atoms with Crippen LogP contribution in [0.25, 0.3) is 0 Å². The second kappa shape index (κ2) is 8.35. The highest BCUT2D eigenvalue weighted by Crippen LogP contribution is 2.14. The van der Waals surface area contributed by atoms with E-state index in [0.29, 0.717) is 6.04 Å². The Kier molecular flexibility index (Phi) is 6.46. The lowest BCUT2D eigenvalue weighted by Gasteiger charge is -2.19. The van der Waals surface area contributed by atoms with Crippen molar-refractivity contribution in [2.24, 2.45) is 0 Å². The molecule has 2 aromatic rings. The molecule has 0 spiro atoms. The highest BCUT2D eigenvalue weighted by molar-refractivity contribution is 9.10. The molecule has 0 radical (unpaired) electrons. The molecule has 0 aliphatic rings. The number of nitrogens with zero attached hydrogens (tertiary/aromatic N) is 2. The molecular weight excluding hydrogens is 326 g/mol. The molecule has 0 fully saturated rings. The number of nitrogens with one attached hydrogen (secondary N) is 1. The molecule has 1 unspecified atom stereocenters. The highest BCUT2D eigenvalue weighted by Gasteiger charge is 2.13. The summed E-state index contributed by atoms with van der Waals surface area (Å²) in [7, 11) is 0. The quantitative estimate of drug-likeness (QED) is 0.784. The first-order chi connectivity index (χ1) is 10.2. The number of hydrogen-bond donors (Lipinski definition) is 1. The number of halogens is 1. The van der Waals surface area contributed by atoms with Crippen LogP contribution in [0, 0.1) is 0 Å². The molecule has 0 saturated heterocycles. The molecule has 1 heterocycles. The van der Waals surface area contributed by atoms with Crippen molar-refractivity contribution in [2.45, 2.75) is 45.7 Å². The maximum atomic E-state index is 4.51. The Morgan fingerprint density at radius 1 is 1.29 bits per heavy atom. The van der Waals surface area contributed by atoms with Gasteiger partial charge in [-0.25, -0.2) is 4.98 Å². The van der Waals surface area contributed by atoms with Gasteiger partial charge in [-0.1, -0.05) is 35.0 Å². The van der Waals surface area contributed by atoms with Crippen LogP contribution in [0.3, 0.4) is 0 Å². The van der Waals surface area contributed by atoms with E-state index in [9.17, 15) is 0 Å². The summed E-state index contributed by atoms with van der Waals surface area (Å²) in [6, 6.07) is 8.99. The van der Waals surface area contributed by atoms with E-state index in [1.807, 2.05) is 6.20 Å². The summed E-state index contributed by atoms with van der Waals surface area (Å²) in [5.41, 5.74) is 1.35. The largest absolute Gasteiger partial charge is 0.335 e. The molecule has 0 saturated carbocycles. The monoisotopic (exact) mass is 349 g/mol. The van der Waals surface area contributed by atoms with Gasteiger partial charge in [-0.3, -0.25) is 0 Å². The molecular formula is C17H24BrN3. The Labute approximate surface area is 135 Å². The van der Waals surface area contributed by atoms with Crippen molar-refractivity contribution < 1.29 is 0 Å². The average Bonchev–Trinajstić information content (AvgIpc) is 2.92. The number of imidazole rings is 1. The Morgan fingerprint density at radius 2 is 2.14 bits per heavy atom. The summed E-state index contributed by atoms with van der Waals surface area (Å²) in [6.45, 7) is 6.39. The van der Waals surface area contributed by atoms with E-state index in [1.165, 1.54) is 11.4 Å². The van der Waals surface area contributed by atoms with Gasteiger partial charge in [0.1, 0.15) is 5.82 Å². The van der Waals surface area contributed by atoms with Crippen LogP contribution in [-0.4, -0.2) is 22.1 Å². The molecule has 0 bridgehead atoms. The lowest BCUT2D eigenvalue weighted by Crippen LogP contribution is -2.34. The van der Waals surface area contributed by atoms with Gasteiger partial charge in [-0.2, -0.15) is 0 Å². The Balaban J connectivity index is 2.07. The van der Waals surface area contributed by atoms with Crippen LogP contribution in [-0.2, 0) is 19.4 Å². The van der Waals surface area contributed by atoms with Crippen molar-refractivity contribution in [1.82, 2.24) is 14.9 Å². The fourth-order valence-corrected chi connectivity index (χ4v) is 3.00. The van der Waals surface area contributed by atoms with Crippen molar-refractivity contribution in [3.8, 4) is 0 Å². The van der Waals surface area contributed by atoms with Crippen LogP contribution in [0.4, 0.5) is 0 Å². The van der Waals surface area contributed by atoms with Gasteiger partial charge in [-0.15, -0.1) is 0 Å². The van der Waals surface area contributed by atoms with Crippen LogP contribution >= 0.6 is 15.9 Å². The van der Waals surface area contributed by atoms with E-state index in [0.717, 1.165) is 36.8 Å². The van der Waals surface area contributed by atoms with Gasteiger partial charge in [0.05, 0.1) is 0 Å². The van der Waals surface area contributed by atoms with Crippen LogP contribution < -0.4 is 5.32 Å². The first-order valence-electron chi connectivity index (χ1n) is 7.70. The topological polar surface area (TPSA) is 29.9 Å². The normalized spacial score (nSPS) is 12.5. The Bertz CT molecular complexity index is 550. The fraction of sp³-hybridized carbons (Fsp3) is 0.471. The van der Waals surface area contributed by atoms with Crippen molar-refractivity contribution in [3.05, 3.63) is 52.5 Å². The summed E-state index contributed by atoms with van der Waals surface area (Å²) in [6.07, 6.45) is 7.10. The number of aryl methyl sites for hydroxylation is 1. The van der Waals surface area contributed by atoms with Crippen LogP contribution in [0.1, 0.15) is 31.7 Å². The molecule has 114 valence electrons. The van der Waals surface area contributed by atoms with E-state index in [-0.39, 0.29) is 0 Å². The minimum absolute atomic E-state index is 0.423.